The molecule has 3 aromatic rings. The molecule has 0 fully saturated rings. The second-order valence-corrected chi connectivity index (χ2v) is 8.70. The van der Waals surface area contributed by atoms with Crippen molar-refractivity contribution in [3.63, 3.8) is 0 Å². The average Bonchev–Trinajstić information content (AvgIpc) is 2.72. The molecule has 8 nitrogen and oxygen atoms in total. The van der Waals surface area contributed by atoms with Crippen molar-refractivity contribution in [1.82, 2.24) is 9.97 Å². The maximum Gasteiger partial charge on any atom is 0.421 e. The molecule has 0 saturated heterocycles. The molecule has 170 valence electrons. The third-order valence-corrected chi connectivity index (χ3v) is 5.61. The van der Waals surface area contributed by atoms with E-state index in [1.165, 1.54) is 26.3 Å². The van der Waals surface area contributed by atoms with E-state index in [0.717, 1.165) is 10.6 Å². The van der Waals surface area contributed by atoms with E-state index in [0.29, 0.717) is 17.6 Å². The fourth-order valence-electron chi connectivity index (χ4n) is 2.73. The standard InChI is InChI=1S/C20H20F3N5O3S/c1-28(32(3,29)30)17-10-5-4-9-16(17)26-18-15(20(21,22)23)12-24-19(27-18)25-13-7-6-8-14(11-13)31-2/h4-12H,1-3H3,(H2,24,25,26,27). The Morgan fingerprint density at radius 3 is 2.44 bits per heavy atom. The molecule has 1 heterocycles. The fourth-order valence-corrected chi connectivity index (χ4v) is 3.25. The van der Waals surface area contributed by atoms with Gasteiger partial charge in [0.1, 0.15) is 17.1 Å². The number of sulfonamides is 1. The Morgan fingerprint density at radius 2 is 1.78 bits per heavy atom. The predicted molar refractivity (Wildman–Crippen MR) is 116 cm³/mol. The molecular formula is C20H20F3N5O3S. The lowest BCUT2D eigenvalue weighted by Crippen LogP contribution is -2.25. The van der Waals surface area contributed by atoms with Gasteiger partial charge >= 0.3 is 6.18 Å². The van der Waals surface area contributed by atoms with Gasteiger partial charge < -0.3 is 15.4 Å². The summed E-state index contributed by atoms with van der Waals surface area (Å²) >= 11 is 0. The molecule has 0 radical (unpaired) electrons. The molecule has 12 heteroatoms. The monoisotopic (exact) mass is 467 g/mol. The van der Waals surface area contributed by atoms with Crippen molar-refractivity contribution in [3.8, 4) is 5.75 Å². The topological polar surface area (TPSA) is 96.5 Å². The number of rotatable bonds is 7. The first-order chi connectivity index (χ1) is 15.0. The zero-order valence-electron chi connectivity index (χ0n) is 17.3. The Morgan fingerprint density at radius 1 is 1.06 bits per heavy atom. The fraction of sp³-hybridized carbons (Fsp3) is 0.200. The van der Waals surface area contributed by atoms with Crippen LogP contribution < -0.4 is 19.7 Å². The third kappa shape index (κ3) is 5.38. The second-order valence-electron chi connectivity index (χ2n) is 6.68. The van der Waals surface area contributed by atoms with Crippen LogP contribution in [-0.4, -0.2) is 38.8 Å². The number of para-hydroxylation sites is 2. The summed E-state index contributed by atoms with van der Waals surface area (Å²) in [6.45, 7) is 0. The van der Waals surface area contributed by atoms with Crippen molar-refractivity contribution in [3.05, 3.63) is 60.3 Å². The highest BCUT2D eigenvalue weighted by Crippen LogP contribution is 2.37. The largest absolute Gasteiger partial charge is 0.497 e. The van der Waals surface area contributed by atoms with Gasteiger partial charge in [0.25, 0.3) is 0 Å². The molecule has 0 amide bonds. The number of ether oxygens (including phenoxy) is 1. The van der Waals surface area contributed by atoms with Crippen LogP contribution in [0.5, 0.6) is 5.75 Å². The van der Waals surface area contributed by atoms with Crippen LogP contribution in [-0.2, 0) is 16.2 Å². The minimum Gasteiger partial charge on any atom is -0.497 e. The van der Waals surface area contributed by atoms with E-state index < -0.39 is 27.6 Å². The number of aromatic nitrogens is 2. The second kappa shape index (κ2) is 8.91. The normalized spacial score (nSPS) is 11.7. The van der Waals surface area contributed by atoms with E-state index in [-0.39, 0.29) is 17.3 Å². The van der Waals surface area contributed by atoms with Crippen molar-refractivity contribution in [2.75, 3.05) is 35.4 Å². The molecule has 0 aliphatic carbocycles. The number of hydrogen-bond acceptors (Lipinski definition) is 7. The first-order valence-electron chi connectivity index (χ1n) is 9.14. The smallest absolute Gasteiger partial charge is 0.421 e. The van der Waals surface area contributed by atoms with Crippen molar-refractivity contribution >= 4 is 38.9 Å². The quantitative estimate of drug-likeness (QED) is 0.532. The molecule has 0 atom stereocenters. The molecule has 32 heavy (non-hydrogen) atoms. The minimum absolute atomic E-state index is 0.0947. The Hall–Kier alpha value is -3.54. The number of anilines is 5. The van der Waals surface area contributed by atoms with E-state index in [1.807, 2.05) is 0 Å². The summed E-state index contributed by atoms with van der Waals surface area (Å²) in [6, 6.07) is 12.8. The van der Waals surface area contributed by atoms with E-state index in [9.17, 15) is 21.6 Å². The number of benzene rings is 2. The molecule has 0 saturated carbocycles. The highest BCUT2D eigenvalue weighted by atomic mass is 32.2. The Labute approximate surface area is 183 Å². The van der Waals surface area contributed by atoms with Crippen molar-refractivity contribution < 1.29 is 26.3 Å². The summed E-state index contributed by atoms with van der Waals surface area (Å²) in [5, 5.41) is 5.44. The maximum atomic E-state index is 13.6. The molecule has 2 N–H and O–H groups in total. The zero-order valence-corrected chi connectivity index (χ0v) is 18.1. The Balaban J connectivity index is 2.02. The van der Waals surface area contributed by atoms with Crippen molar-refractivity contribution in [2.24, 2.45) is 0 Å². The van der Waals surface area contributed by atoms with Gasteiger partial charge in [-0.05, 0) is 24.3 Å². The van der Waals surface area contributed by atoms with Gasteiger partial charge in [-0.1, -0.05) is 18.2 Å². The highest BCUT2D eigenvalue weighted by molar-refractivity contribution is 7.92. The molecule has 0 bridgehead atoms. The van der Waals surface area contributed by atoms with Crippen LogP contribution in [0.1, 0.15) is 5.56 Å². The summed E-state index contributed by atoms with van der Waals surface area (Å²) in [5.74, 6) is -0.0899. The van der Waals surface area contributed by atoms with Crippen LogP contribution in [0.3, 0.4) is 0 Å². The number of nitrogens with one attached hydrogen (secondary N) is 2. The van der Waals surface area contributed by atoms with Crippen LogP contribution in [0.2, 0.25) is 0 Å². The number of methoxy groups -OCH3 is 1. The zero-order chi connectivity index (χ0) is 23.5. The minimum atomic E-state index is -4.74. The van der Waals surface area contributed by atoms with Gasteiger partial charge in [-0.15, -0.1) is 0 Å². The lowest BCUT2D eigenvalue weighted by Gasteiger charge is -2.22. The van der Waals surface area contributed by atoms with Gasteiger partial charge in [0.05, 0.1) is 24.7 Å². The summed E-state index contributed by atoms with van der Waals surface area (Å²) in [5.41, 5.74) is -0.321. The number of hydrogen-bond donors (Lipinski definition) is 2. The van der Waals surface area contributed by atoms with E-state index >= 15 is 0 Å². The number of halogens is 3. The summed E-state index contributed by atoms with van der Waals surface area (Å²) in [4.78, 5) is 7.75. The average molecular weight is 467 g/mol. The summed E-state index contributed by atoms with van der Waals surface area (Å²) < 4.78 is 70.8. The van der Waals surface area contributed by atoms with Crippen LogP contribution in [0.25, 0.3) is 0 Å². The highest BCUT2D eigenvalue weighted by Gasteiger charge is 2.35. The van der Waals surface area contributed by atoms with E-state index in [4.69, 9.17) is 4.74 Å². The van der Waals surface area contributed by atoms with Gasteiger partial charge in [0.2, 0.25) is 16.0 Å². The van der Waals surface area contributed by atoms with Crippen molar-refractivity contribution in [2.45, 2.75) is 6.18 Å². The van der Waals surface area contributed by atoms with Crippen LogP contribution in [0.4, 0.5) is 42.0 Å². The molecule has 0 aliphatic rings. The van der Waals surface area contributed by atoms with E-state index in [1.54, 1.807) is 36.4 Å². The van der Waals surface area contributed by atoms with Crippen LogP contribution in [0, 0.1) is 0 Å². The van der Waals surface area contributed by atoms with Gasteiger partial charge in [0.15, 0.2) is 0 Å². The SMILES string of the molecule is COc1cccc(Nc2ncc(C(F)(F)F)c(Nc3ccccc3N(C)S(C)(=O)=O)n2)c1. The van der Waals surface area contributed by atoms with Crippen LogP contribution in [0.15, 0.2) is 54.7 Å². The van der Waals surface area contributed by atoms with Gasteiger partial charge in [-0.25, -0.2) is 13.4 Å². The van der Waals surface area contributed by atoms with E-state index in [2.05, 4.69) is 20.6 Å². The van der Waals surface area contributed by atoms with Gasteiger partial charge in [0, 0.05) is 25.0 Å². The molecule has 0 unspecified atom stereocenters. The van der Waals surface area contributed by atoms with Crippen LogP contribution >= 0.6 is 0 Å². The summed E-state index contributed by atoms with van der Waals surface area (Å²) in [6.07, 6.45) is -3.10. The van der Waals surface area contributed by atoms with Gasteiger partial charge in [-0.2, -0.15) is 18.2 Å². The van der Waals surface area contributed by atoms with Crippen molar-refractivity contribution in [1.29, 1.82) is 0 Å². The third-order valence-electron chi connectivity index (χ3n) is 4.41. The lowest BCUT2D eigenvalue weighted by molar-refractivity contribution is -0.137. The predicted octanol–water partition coefficient (Wildman–Crippen LogP) is 4.39. The maximum absolute atomic E-state index is 13.6. The summed E-state index contributed by atoms with van der Waals surface area (Å²) in [7, 11) is -0.862. The number of nitrogens with zero attached hydrogens (tertiary/aromatic N) is 3. The molecule has 2 aromatic carbocycles. The Bertz CT molecular complexity index is 1220. The molecule has 0 aliphatic heterocycles. The Kier molecular flexibility index (Phi) is 6.44. The molecular weight excluding hydrogens is 447 g/mol. The molecule has 1 aromatic heterocycles. The first-order valence-corrected chi connectivity index (χ1v) is 11.0. The first kappa shape index (κ1) is 23.1. The molecule has 0 spiro atoms. The van der Waals surface area contributed by atoms with Gasteiger partial charge in [-0.3, -0.25) is 4.31 Å². The molecule has 3 rings (SSSR count). The lowest BCUT2D eigenvalue weighted by atomic mass is 10.2. The number of alkyl halides is 3.